The molecule has 1 aromatic heterocycles. The van der Waals surface area contributed by atoms with Crippen molar-refractivity contribution in [2.24, 2.45) is 0 Å². The van der Waals surface area contributed by atoms with Crippen LogP contribution in [-0.4, -0.2) is 23.8 Å². The van der Waals surface area contributed by atoms with Crippen LogP contribution in [0.25, 0.3) is 0 Å². The van der Waals surface area contributed by atoms with Crippen molar-refractivity contribution in [1.82, 2.24) is 10.3 Å². The minimum absolute atomic E-state index is 0.170. The highest BCUT2D eigenvalue weighted by Crippen LogP contribution is 2.12. The molecule has 0 aliphatic rings. The number of carbonyl (C=O) groups excluding carboxylic acids is 1. The van der Waals surface area contributed by atoms with Gasteiger partial charge >= 0.3 is 12.3 Å². The summed E-state index contributed by atoms with van der Waals surface area (Å²) >= 11 is 0. The molecule has 8 heteroatoms. The second-order valence-corrected chi connectivity index (χ2v) is 3.13. The van der Waals surface area contributed by atoms with Crippen molar-refractivity contribution in [1.29, 1.82) is 0 Å². The Morgan fingerprint density at radius 1 is 1.53 bits per heavy atom. The lowest BCUT2D eigenvalue weighted by molar-refractivity contribution is -0.123. The third-order valence-electron chi connectivity index (χ3n) is 1.65. The standard InChI is InChI=1S/C9H10F3N3O2/c10-9(11,12)5-15-8(16)17-4-6-1-2-14-7(13)3-6/h1-3H,4-5H2,(H2,13,14)(H,15,16). The van der Waals surface area contributed by atoms with Gasteiger partial charge in [-0.1, -0.05) is 0 Å². The predicted molar refractivity (Wildman–Crippen MR) is 52.9 cm³/mol. The molecule has 0 fully saturated rings. The molecule has 1 amide bonds. The highest BCUT2D eigenvalue weighted by molar-refractivity contribution is 5.67. The Morgan fingerprint density at radius 3 is 2.82 bits per heavy atom. The summed E-state index contributed by atoms with van der Waals surface area (Å²) in [6, 6.07) is 2.99. The van der Waals surface area contributed by atoms with E-state index in [4.69, 9.17) is 5.73 Å². The summed E-state index contributed by atoms with van der Waals surface area (Å²) in [5, 5.41) is 1.57. The first kappa shape index (κ1) is 13.1. The smallest absolute Gasteiger partial charge is 0.407 e. The molecule has 1 aromatic rings. The van der Waals surface area contributed by atoms with Gasteiger partial charge in [-0.3, -0.25) is 0 Å². The summed E-state index contributed by atoms with van der Waals surface area (Å²) in [5.74, 6) is 0.238. The van der Waals surface area contributed by atoms with Crippen LogP contribution in [0.2, 0.25) is 0 Å². The molecule has 0 atom stereocenters. The van der Waals surface area contributed by atoms with Crippen LogP contribution in [-0.2, 0) is 11.3 Å². The van der Waals surface area contributed by atoms with Crippen molar-refractivity contribution in [2.45, 2.75) is 12.8 Å². The number of aromatic nitrogens is 1. The SMILES string of the molecule is Nc1cc(COC(=O)NCC(F)(F)F)ccn1. The zero-order chi connectivity index (χ0) is 12.9. The summed E-state index contributed by atoms with van der Waals surface area (Å²) in [7, 11) is 0. The Balaban J connectivity index is 2.33. The van der Waals surface area contributed by atoms with Gasteiger partial charge in [-0.25, -0.2) is 9.78 Å². The molecule has 0 aromatic carbocycles. The van der Waals surface area contributed by atoms with Gasteiger partial charge in [0.1, 0.15) is 19.0 Å². The predicted octanol–water partition coefficient (Wildman–Crippen LogP) is 1.45. The number of anilines is 1. The average molecular weight is 249 g/mol. The van der Waals surface area contributed by atoms with E-state index in [0.717, 1.165) is 0 Å². The molecule has 3 N–H and O–H groups in total. The molecule has 0 aliphatic carbocycles. The number of nitrogens with two attached hydrogens (primary N) is 1. The summed E-state index contributed by atoms with van der Waals surface area (Å²) in [6.45, 7) is -1.60. The molecule has 94 valence electrons. The van der Waals surface area contributed by atoms with E-state index in [1.807, 2.05) is 0 Å². The third-order valence-corrected chi connectivity index (χ3v) is 1.65. The van der Waals surface area contributed by atoms with Gasteiger partial charge < -0.3 is 15.8 Å². The van der Waals surface area contributed by atoms with Gasteiger partial charge in [0, 0.05) is 6.20 Å². The topological polar surface area (TPSA) is 77.2 Å². The lowest BCUT2D eigenvalue weighted by Gasteiger charge is -2.09. The Bertz CT molecular complexity index is 395. The maximum absolute atomic E-state index is 11.7. The van der Waals surface area contributed by atoms with E-state index in [1.54, 1.807) is 5.32 Å². The molecule has 1 rings (SSSR count). The number of nitrogens with zero attached hydrogens (tertiary/aromatic N) is 1. The maximum Gasteiger partial charge on any atom is 0.407 e. The molecule has 0 bridgehead atoms. The number of halogens is 3. The van der Waals surface area contributed by atoms with Gasteiger partial charge in [0.15, 0.2) is 0 Å². The second kappa shape index (κ2) is 5.37. The Labute approximate surface area is 94.8 Å². The molecule has 0 spiro atoms. The number of pyridine rings is 1. The first-order valence-corrected chi connectivity index (χ1v) is 4.54. The van der Waals surface area contributed by atoms with Crippen LogP contribution in [0.1, 0.15) is 5.56 Å². The van der Waals surface area contributed by atoms with Crippen LogP contribution in [0.5, 0.6) is 0 Å². The third kappa shape index (κ3) is 5.59. The molecule has 0 saturated carbocycles. The van der Waals surface area contributed by atoms with E-state index in [-0.39, 0.29) is 12.4 Å². The Morgan fingerprint density at radius 2 is 2.24 bits per heavy atom. The summed E-state index contributed by atoms with van der Waals surface area (Å²) < 4.78 is 39.8. The fourth-order valence-corrected chi connectivity index (χ4v) is 0.956. The number of amides is 1. The molecule has 1 heterocycles. The van der Waals surface area contributed by atoms with Crippen molar-refractivity contribution < 1.29 is 22.7 Å². The number of nitrogens with one attached hydrogen (secondary N) is 1. The van der Waals surface area contributed by atoms with E-state index in [2.05, 4.69) is 9.72 Å². The minimum atomic E-state index is -4.46. The number of nitrogen functional groups attached to an aromatic ring is 1. The van der Waals surface area contributed by atoms with Crippen LogP contribution in [0.3, 0.4) is 0 Å². The first-order valence-electron chi connectivity index (χ1n) is 4.54. The van der Waals surface area contributed by atoms with Gasteiger partial charge in [0.2, 0.25) is 0 Å². The molecule has 0 aliphatic heterocycles. The lowest BCUT2D eigenvalue weighted by Crippen LogP contribution is -2.34. The lowest BCUT2D eigenvalue weighted by atomic mass is 10.3. The zero-order valence-corrected chi connectivity index (χ0v) is 8.62. The zero-order valence-electron chi connectivity index (χ0n) is 8.62. The Kier molecular flexibility index (Phi) is 4.13. The number of carbonyl (C=O) groups is 1. The average Bonchev–Trinajstić information content (AvgIpc) is 2.23. The van der Waals surface area contributed by atoms with Crippen molar-refractivity contribution >= 4 is 11.9 Å². The monoisotopic (exact) mass is 249 g/mol. The Hall–Kier alpha value is -1.99. The minimum Gasteiger partial charge on any atom is -0.445 e. The fraction of sp³-hybridized carbons (Fsp3) is 0.333. The number of alkyl halides is 3. The summed E-state index contributed by atoms with van der Waals surface area (Å²) in [4.78, 5) is 14.6. The van der Waals surface area contributed by atoms with Gasteiger partial charge in [-0.05, 0) is 17.7 Å². The van der Waals surface area contributed by atoms with Gasteiger partial charge in [0.05, 0.1) is 0 Å². The van der Waals surface area contributed by atoms with Crippen molar-refractivity contribution in [3.05, 3.63) is 23.9 Å². The quantitative estimate of drug-likeness (QED) is 0.850. The van der Waals surface area contributed by atoms with E-state index < -0.39 is 18.8 Å². The van der Waals surface area contributed by atoms with Crippen LogP contribution in [0.15, 0.2) is 18.3 Å². The molecule has 0 saturated heterocycles. The molecule has 0 radical (unpaired) electrons. The van der Waals surface area contributed by atoms with Crippen LogP contribution in [0.4, 0.5) is 23.8 Å². The number of ether oxygens (including phenoxy) is 1. The van der Waals surface area contributed by atoms with E-state index in [9.17, 15) is 18.0 Å². The largest absolute Gasteiger partial charge is 0.445 e. The second-order valence-electron chi connectivity index (χ2n) is 3.13. The molecule has 5 nitrogen and oxygen atoms in total. The van der Waals surface area contributed by atoms with Gasteiger partial charge in [-0.2, -0.15) is 13.2 Å². The molecule has 0 unspecified atom stereocenters. The number of alkyl carbamates (subject to hydrolysis) is 1. The number of rotatable bonds is 3. The van der Waals surface area contributed by atoms with Gasteiger partial charge in [-0.15, -0.1) is 0 Å². The maximum atomic E-state index is 11.7. The normalized spacial score (nSPS) is 11.0. The summed E-state index contributed by atoms with van der Waals surface area (Å²) in [5.41, 5.74) is 5.91. The van der Waals surface area contributed by atoms with Crippen molar-refractivity contribution in [3.8, 4) is 0 Å². The van der Waals surface area contributed by atoms with E-state index in [1.165, 1.54) is 18.3 Å². The molecular formula is C9H10F3N3O2. The molecule has 17 heavy (non-hydrogen) atoms. The van der Waals surface area contributed by atoms with Gasteiger partial charge in [0.25, 0.3) is 0 Å². The van der Waals surface area contributed by atoms with E-state index in [0.29, 0.717) is 5.56 Å². The van der Waals surface area contributed by atoms with Crippen LogP contribution in [0, 0.1) is 0 Å². The molecular weight excluding hydrogens is 239 g/mol. The first-order chi connectivity index (χ1) is 7.87. The number of hydrogen-bond donors (Lipinski definition) is 2. The van der Waals surface area contributed by atoms with Crippen LogP contribution >= 0.6 is 0 Å². The fourth-order valence-electron chi connectivity index (χ4n) is 0.956. The summed E-state index contributed by atoms with van der Waals surface area (Å²) in [6.07, 6.45) is -4.19. The number of hydrogen-bond acceptors (Lipinski definition) is 4. The van der Waals surface area contributed by atoms with Crippen molar-refractivity contribution in [2.75, 3.05) is 12.3 Å². The van der Waals surface area contributed by atoms with Crippen LogP contribution < -0.4 is 11.1 Å². The van der Waals surface area contributed by atoms with Crippen molar-refractivity contribution in [3.63, 3.8) is 0 Å². The van der Waals surface area contributed by atoms with E-state index >= 15 is 0 Å². The highest BCUT2D eigenvalue weighted by atomic mass is 19.4. The highest BCUT2D eigenvalue weighted by Gasteiger charge is 2.27.